The zero-order valence-corrected chi connectivity index (χ0v) is 13.7. The van der Waals surface area contributed by atoms with Crippen LogP contribution in [-0.4, -0.2) is 51.3 Å². The van der Waals surface area contributed by atoms with Crippen molar-refractivity contribution in [3.8, 4) is 0 Å². The topological polar surface area (TPSA) is 126 Å². The molecule has 1 aliphatic rings. The third-order valence-corrected chi connectivity index (χ3v) is 4.30. The van der Waals surface area contributed by atoms with Crippen molar-refractivity contribution in [3.63, 3.8) is 0 Å². The SMILES string of the molecule is Cn1cnc2c1c(=O)n(CC(=O)N1CCCn3nnnc31)c(=O)n2C. The molecule has 12 nitrogen and oxygen atoms in total. The summed E-state index contributed by atoms with van der Waals surface area (Å²) in [4.78, 5) is 43.3. The number of tetrazole rings is 1. The van der Waals surface area contributed by atoms with Crippen LogP contribution in [0.15, 0.2) is 15.9 Å². The maximum atomic E-state index is 12.7. The van der Waals surface area contributed by atoms with Crippen molar-refractivity contribution in [2.24, 2.45) is 14.1 Å². The Morgan fingerprint density at radius 1 is 1.24 bits per heavy atom. The lowest BCUT2D eigenvalue weighted by Crippen LogP contribution is -2.46. The molecule has 0 unspecified atom stereocenters. The van der Waals surface area contributed by atoms with Crippen LogP contribution in [0.5, 0.6) is 0 Å². The number of rotatable bonds is 2. The first-order valence-corrected chi connectivity index (χ1v) is 7.66. The number of fused-ring (bicyclic) bond motifs is 2. The van der Waals surface area contributed by atoms with E-state index in [1.165, 1.54) is 32.1 Å². The zero-order chi connectivity index (χ0) is 17.7. The molecule has 25 heavy (non-hydrogen) atoms. The molecule has 0 aliphatic carbocycles. The van der Waals surface area contributed by atoms with E-state index in [1.54, 1.807) is 7.05 Å². The van der Waals surface area contributed by atoms with Crippen molar-refractivity contribution >= 4 is 23.0 Å². The van der Waals surface area contributed by atoms with Gasteiger partial charge in [0, 0.05) is 27.2 Å². The van der Waals surface area contributed by atoms with Gasteiger partial charge in [-0.05, 0) is 16.8 Å². The van der Waals surface area contributed by atoms with E-state index in [2.05, 4.69) is 20.5 Å². The quantitative estimate of drug-likeness (QED) is 0.518. The molecule has 0 aromatic carbocycles. The van der Waals surface area contributed by atoms with Crippen LogP contribution in [0.25, 0.3) is 11.2 Å². The fourth-order valence-corrected chi connectivity index (χ4v) is 3.01. The van der Waals surface area contributed by atoms with Crippen LogP contribution in [0.4, 0.5) is 5.95 Å². The Hall–Kier alpha value is -3.31. The Morgan fingerprint density at radius 2 is 2.04 bits per heavy atom. The number of anilines is 1. The van der Waals surface area contributed by atoms with Crippen molar-refractivity contribution in [3.05, 3.63) is 27.2 Å². The largest absolute Gasteiger partial charge is 0.332 e. The van der Waals surface area contributed by atoms with Crippen LogP contribution in [0.1, 0.15) is 6.42 Å². The molecule has 0 saturated carbocycles. The van der Waals surface area contributed by atoms with E-state index >= 15 is 0 Å². The summed E-state index contributed by atoms with van der Waals surface area (Å²) in [6.45, 7) is 0.663. The summed E-state index contributed by atoms with van der Waals surface area (Å²) < 4.78 is 5.21. The van der Waals surface area contributed by atoms with Crippen LogP contribution in [0.2, 0.25) is 0 Å². The summed E-state index contributed by atoms with van der Waals surface area (Å²) in [6, 6.07) is 0. The number of nitrogens with zero attached hydrogens (tertiary/aromatic N) is 9. The number of imidazole rings is 1. The van der Waals surface area contributed by atoms with Crippen molar-refractivity contribution < 1.29 is 4.79 Å². The minimum atomic E-state index is -0.596. The molecular formula is C13H15N9O3. The maximum absolute atomic E-state index is 12.7. The number of aromatic nitrogens is 8. The molecule has 0 fully saturated rings. The fraction of sp³-hybridized carbons (Fsp3) is 0.462. The van der Waals surface area contributed by atoms with Crippen LogP contribution < -0.4 is 16.1 Å². The van der Waals surface area contributed by atoms with Gasteiger partial charge in [-0.3, -0.25) is 19.1 Å². The van der Waals surface area contributed by atoms with Gasteiger partial charge in [0.2, 0.25) is 5.91 Å². The van der Waals surface area contributed by atoms with Crippen LogP contribution >= 0.6 is 0 Å². The summed E-state index contributed by atoms with van der Waals surface area (Å²) in [5, 5.41) is 11.2. The molecule has 0 atom stereocenters. The minimum absolute atomic E-state index is 0.262. The third kappa shape index (κ3) is 2.17. The van der Waals surface area contributed by atoms with Gasteiger partial charge in [-0.2, -0.15) is 0 Å². The molecule has 3 aromatic rings. The first-order valence-electron chi connectivity index (χ1n) is 7.66. The zero-order valence-electron chi connectivity index (χ0n) is 13.7. The summed E-state index contributed by atoms with van der Waals surface area (Å²) in [7, 11) is 3.17. The molecule has 0 spiro atoms. The van der Waals surface area contributed by atoms with Gasteiger partial charge in [0.05, 0.1) is 6.33 Å². The minimum Gasteiger partial charge on any atom is -0.328 e. The molecule has 12 heteroatoms. The number of carbonyl (C=O) groups is 1. The second-order valence-corrected chi connectivity index (χ2v) is 5.86. The van der Waals surface area contributed by atoms with Crippen LogP contribution in [-0.2, 0) is 32.0 Å². The van der Waals surface area contributed by atoms with Crippen molar-refractivity contribution in [2.75, 3.05) is 11.4 Å². The Kier molecular flexibility index (Phi) is 3.26. The molecule has 4 rings (SSSR count). The lowest BCUT2D eigenvalue weighted by molar-refractivity contribution is -0.119. The average Bonchev–Trinajstić information content (AvgIpc) is 3.22. The molecule has 1 amide bonds. The number of aryl methyl sites for hydroxylation is 3. The number of hydrogen-bond donors (Lipinski definition) is 0. The van der Waals surface area contributed by atoms with Gasteiger partial charge in [0.1, 0.15) is 6.54 Å². The predicted octanol–water partition coefficient (Wildman–Crippen LogP) is -2.14. The smallest absolute Gasteiger partial charge is 0.328 e. The summed E-state index contributed by atoms with van der Waals surface area (Å²) in [6.07, 6.45) is 2.15. The second-order valence-electron chi connectivity index (χ2n) is 5.86. The van der Waals surface area contributed by atoms with E-state index in [-0.39, 0.29) is 17.7 Å². The Balaban J connectivity index is 1.77. The van der Waals surface area contributed by atoms with Gasteiger partial charge in [-0.15, -0.1) is 0 Å². The highest BCUT2D eigenvalue weighted by molar-refractivity contribution is 5.91. The number of hydrogen-bond acceptors (Lipinski definition) is 7. The van der Waals surface area contributed by atoms with Crippen molar-refractivity contribution in [2.45, 2.75) is 19.5 Å². The molecule has 130 valence electrons. The molecular weight excluding hydrogens is 330 g/mol. The Bertz CT molecular complexity index is 1100. The van der Waals surface area contributed by atoms with Gasteiger partial charge in [-0.1, -0.05) is 5.10 Å². The Labute approximate surface area is 139 Å². The van der Waals surface area contributed by atoms with E-state index < -0.39 is 17.2 Å². The normalized spacial score (nSPS) is 14.1. The highest BCUT2D eigenvalue weighted by Gasteiger charge is 2.27. The monoisotopic (exact) mass is 345 g/mol. The van der Waals surface area contributed by atoms with Gasteiger partial charge >= 0.3 is 5.69 Å². The summed E-state index contributed by atoms with van der Waals surface area (Å²) in [5.74, 6) is -0.0980. The first kappa shape index (κ1) is 15.2. The summed E-state index contributed by atoms with van der Waals surface area (Å²) >= 11 is 0. The van der Waals surface area contributed by atoms with Crippen LogP contribution in [0.3, 0.4) is 0 Å². The van der Waals surface area contributed by atoms with E-state index in [9.17, 15) is 14.4 Å². The number of carbonyl (C=O) groups excluding carboxylic acids is 1. The summed E-state index contributed by atoms with van der Waals surface area (Å²) in [5.41, 5.74) is -0.606. The van der Waals surface area contributed by atoms with Gasteiger partial charge in [0.25, 0.3) is 11.5 Å². The lowest BCUT2D eigenvalue weighted by Gasteiger charge is -2.25. The highest BCUT2D eigenvalue weighted by Crippen LogP contribution is 2.15. The van der Waals surface area contributed by atoms with Gasteiger partial charge in [-0.25, -0.2) is 19.0 Å². The van der Waals surface area contributed by atoms with Crippen molar-refractivity contribution in [1.29, 1.82) is 0 Å². The lowest BCUT2D eigenvalue weighted by atomic mass is 10.3. The molecule has 0 radical (unpaired) electrons. The first-order chi connectivity index (χ1) is 12.0. The highest BCUT2D eigenvalue weighted by atomic mass is 16.2. The molecule has 1 aliphatic heterocycles. The fourth-order valence-electron chi connectivity index (χ4n) is 3.01. The third-order valence-electron chi connectivity index (χ3n) is 4.30. The van der Waals surface area contributed by atoms with Crippen molar-refractivity contribution in [1.82, 2.24) is 38.9 Å². The van der Waals surface area contributed by atoms with E-state index in [4.69, 9.17) is 0 Å². The Morgan fingerprint density at radius 3 is 2.84 bits per heavy atom. The second kappa shape index (κ2) is 5.36. The standard InChI is InChI=1S/C13H15N9O3/c1-18-7-14-10-9(18)11(24)21(13(25)19(10)2)6-8(23)20-4-3-5-22-12(20)15-16-17-22/h7H,3-6H2,1-2H3. The van der Waals surface area contributed by atoms with E-state index in [0.29, 0.717) is 25.5 Å². The molecule has 0 bridgehead atoms. The maximum Gasteiger partial charge on any atom is 0.332 e. The predicted molar refractivity (Wildman–Crippen MR) is 85.0 cm³/mol. The van der Waals surface area contributed by atoms with Crippen LogP contribution in [0, 0.1) is 0 Å². The molecule has 0 saturated heterocycles. The van der Waals surface area contributed by atoms with E-state index in [1.807, 2.05) is 0 Å². The molecule has 3 aromatic heterocycles. The molecule has 4 heterocycles. The van der Waals surface area contributed by atoms with Gasteiger partial charge in [0.15, 0.2) is 11.2 Å². The van der Waals surface area contributed by atoms with E-state index in [0.717, 1.165) is 4.57 Å². The number of amides is 1. The average molecular weight is 345 g/mol. The molecule has 0 N–H and O–H groups in total. The van der Waals surface area contributed by atoms with Gasteiger partial charge < -0.3 is 4.57 Å².